The summed E-state index contributed by atoms with van der Waals surface area (Å²) in [6.45, 7) is 2.11. The maximum atomic E-state index is 4.98. The standard InChI is InChI=1S/C9H9NOS/c1-2-8-6-12-9(10-8)7-3-4-11-5-7/h3-6H,2H2,1H3. The van der Waals surface area contributed by atoms with Gasteiger partial charge in [0.05, 0.1) is 12.0 Å². The first kappa shape index (κ1) is 7.55. The Bertz CT molecular complexity index is 350. The van der Waals surface area contributed by atoms with E-state index in [0.717, 1.165) is 22.7 Å². The zero-order valence-corrected chi connectivity index (χ0v) is 7.60. The van der Waals surface area contributed by atoms with Crippen LogP contribution in [0, 0.1) is 0 Å². The first-order chi connectivity index (χ1) is 5.90. The van der Waals surface area contributed by atoms with Crippen LogP contribution in [0.3, 0.4) is 0 Å². The molecular formula is C9H9NOS. The van der Waals surface area contributed by atoms with Crippen LogP contribution >= 0.6 is 11.3 Å². The van der Waals surface area contributed by atoms with Crippen molar-refractivity contribution < 1.29 is 4.42 Å². The van der Waals surface area contributed by atoms with Gasteiger partial charge in [-0.1, -0.05) is 6.92 Å². The Balaban J connectivity index is 2.35. The molecule has 0 atom stereocenters. The molecule has 0 saturated heterocycles. The van der Waals surface area contributed by atoms with Gasteiger partial charge in [0, 0.05) is 10.9 Å². The van der Waals surface area contributed by atoms with Gasteiger partial charge in [0.2, 0.25) is 0 Å². The largest absolute Gasteiger partial charge is 0.472 e. The van der Waals surface area contributed by atoms with Crippen LogP contribution in [-0.4, -0.2) is 4.98 Å². The maximum Gasteiger partial charge on any atom is 0.126 e. The first-order valence-corrected chi connectivity index (χ1v) is 4.75. The number of hydrogen-bond donors (Lipinski definition) is 0. The first-order valence-electron chi connectivity index (χ1n) is 3.87. The zero-order valence-electron chi connectivity index (χ0n) is 6.78. The molecule has 0 fully saturated rings. The Labute approximate surface area is 74.9 Å². The molecule has 0 N–H and O–H groups in total. The van der Waals surface area contributed by atoms with E-state index >= 15 is 0 Å². The highest BCUT2D eigenvalue weighted by Gasteiger charge is 2.03. The third kappa shape index (κ3) is 1.28. The summed E-state index contributed by atoms with van der Waals surface area (Å²) in [7, 11) is 0. The molecule has 0 unspecified atom stereocenters. The molecular weight excluding hydrogens is 170 g/mol. The fourth-order valence-electron chi connectivity index (χ4n) is 0.988. The van der Waals surface area contributed by atoms with Crippen molar-refractivity contribution in [3.8, 4) is 10.6 Å². The van der Waals surface area contributed by atoms with Gasteiger partial charge in [-0.25, -0.2) is 4.98 Å². The molecule has 2 heterocycles. The molecule has 0 bridgehead atoms. The van der Waals surface area contributed by atoms with E-state index in [-0.39, 0.29) is 0 Å². The smallest absolute Gasteiger partial charge is 0.126 e. The summed E-state index contributed by atoms with van der Waals surface area (Å²) in [5.74, 6) is 0. The molecule has 2 aromatic rings. The molecule has 0 spiro atoms. The quantitative estimate of drug-likeness (QED) is 0.708. The van der Waals surface area contributed by atoms with Crippen molar-refractivity contribution in [1.82, 2.24) is 4.98 Å². The van der Waals surface area contributed by atoms with Crippen LogP contribution in [0.2, 0.25) is 0 Å². The van der Waals surface area contributed by atoms with Crippen LogP contribution in [0.1, 0.15) is 12.6 Å². The third-order valence-corrected chi connectivity index (χ3v) is 2.62. The van der Waals surface area contributed by atoms with Crippen molar-refractivity contribution >= 4 is 11.3 Å². The van der Waals surface area contributed by atoms with E-state index in [9.17, 15) is 0 Å². The van der Waals surface area contributed by atoms with E-state index in [0.29, 0.717) is 0 Å². The summed E-state index contributed by atoms with van der Waals surface area (Å²) < 4.78 is 4.98. The van der Waals surface area contributed by atoms with Crippen LogP contribution in [0.15, 0.2) is 28.4 Å². The second kappa shape index (κ2) is 3.11. The Morgan fingerprint density at radius 2 is 2.50 bits per heavy atom. The average Bonchev–Trinajstić information content (AvgIpc) is 2.75. The lowest BCUT2D eigenvalue weighted by Crippen LogP contribution is -1.78. The Kier molecular flexibility index (Phi) is 1.96. The highest BCUT2D eigenvalue weighted by atomic mass is 32.1. The highest BCUT2D eigenvalue weighted by Crippen LogP contribution is 2.23. The summed E-state index contributed by atoms with van der Waals surface area (Å²) in [5.41, 5.74) is 2.22. The van der Waals surface area contributed by atoms with Crippen LogP contribution in [0.5, 0.6) is 0 Å². The fourth-order valence-corrected chi connectivity index (χ4v) is 1.88. The van der Waals surface area contributed by atoms with Gasteiger partial charge >= 0.3 is 0 Å². The van der Waals surface area contributed by atoms with Gasteiger partial charge in [0.1, 0.15) is 11.3 Å². The van der Waals surface area contributed by atoms with E-state index in [1.807, 2.05) is 6.07 Å². The molecule has 12 heavy (non-hydrogen) atoms. The van der Waals surface area contributed by atoms with E-state index in [1.54, 1.807) is 23.9 Å². The highest BCUT2D eigenvalue weighted by molar-refractivity contribution is 7.13. The zero-order chi connectivity index (χ0) is 8.39. The fraction of sp³-hybridized carbons (Fsp3) is 0.222. The lowest BCUT2D eigenvalue weighted by Gasteiger charge is -1.85. The van der Waals surface area contributed by atoms with Gasteiger partial charge in [-0.3, -0.25) is 0 Å². The van der Waals surface area contributed by atoms with Crippen molar-refractivity contribution in [3.63, 3.8) is 0 Å². The number of aromatic nitrogens is 1. The van der Waals surface area contributed by atoms with Gasteiger partial charge in [-0.15, -0.1) is 11.3 Å². The Morgan fingerprint density at radius 1 is 1.58 bits per heavy atom. The third-order valence-electron chi connectivity index (χ3n) is 1.68. The van der Waals surface area contributed by atoms with Crippen molar-refractivity contribution in [2.75, 3.05) is 0 Å². The van der Waals surface area contributed by atoms with Crippen molar-refractivity contribution in [2.45, 2.75) is 13.3 Å². The molecule has 0 saturated carbocycles. The van der Waals surface area contributed by atoms with Crippen molar-refractivity contribution in [3.05, 3.63) is 29.7 Å². The van der Waals surface area contributed by atoms with Crippen LogP contribution in [0.4, 0.5) is 0 Å². The number of nitrogens with zero attached hydrogens (tertiary/aromatic N) is 1. The second-order valence-corrected chi connectivity index (χ2v) is 3.37. The van der Waals surface area contributed by atoms with E-state index in [1.165, 1.54) is 0 Å². The van der Waals surface area contributed by atoms with E-state index in [4.69, 9.17) is 4.42 Å². The topological polar surface area (TPSA) is 26.0 Å². The van der Waals surface area contributed by atoms with Gasteiger partial charge in [-0.05, 0) is 12.5 Å². The molecule has 0 amide bonds. The van der Waals surface area contributed by atoms with Gasteiger partial charge in [0.15, 0.2) is 0 Å². The Hall–Kier alpha value is -1.09. The number of aryl methyl sites for hydroxylation is 1. The minimum atomic E-state index is 0.994. The minimum Gasteiger partial charge on any atom is -0.472 e. The summed E-state index contributed by atoms with van der Waals surface area (Å²) in [6, 6.07) is 1.93. The summed E-state index contributed by atoms with van der Waals surface area (Å²) in [6.07, 6.45) is 4.38. The molecule has 0 radical (unpaired) electrons. The van der Waals surface area contributed by atoms with E-state index in [2.05, 4.69) is 17.3 Å². The van der Waals surface area contributed by atoms with Crippen LogP contribution < -0.4 is 0 Å². The lowest BCUT2D eigenvalue weighted by molar-refractivity contribution is 0.568. The van der Waals surface area contributed by atoms with Crippen LogP contribution in [0.25, 0.3) is 10.6 Å². The number of furan rings is 1. The van der Waals surface area contributed by atoms with Crippen LogP contribution in [-0.2, 0) is 6.42 Å². The number of hydrogen-bond acceptors (Lipinski definition) is 3. The number of rotatable bonds is 2. The molecule has 0 aliphatic rings. The monoisotopic (exact) mass is 179 g/mol. The molecule has 62 valence electrons. The summed E-state index contributed by atoms with van der Waals surface area (Å²) in [4.78, 5) is 4.43. The van der Waals surface area contributed by atoms with Gasteiger partial charge in [-0.2, -0.15) is 0 Å². The number of thiazole rings is 1. The van der Waals surface area contributed by atoms with Crippen molar-refractivity contribution in [1.29, 1.82) is 0 Å². The molecule has 0 aliphatic carbocycles. The predicted octanol–water partition coefficient (Wildman–Crippen LogP) is 2.97. The van der Waals surface area contributed by atoms with Gasteiger partial charge in [0.25, 0.3) is 0 Å². The van der Waals surface area contributed by atoms with Crippen molar-refractivity contribution in [2.24, 2.45) is 0 Å². The summed E-state index contributed by atoms with van der Waals surface area (Å²) in [5, 5.41) is 3.13. The van der Waals surface area contributed by atoms with Gasteiger partial charge < -0.3 is 4.42 Å². The molecule has 0 aromatic carbocycles. The maximum absolute atomic E-state index is 4.98. The minimum absolute atomic E-state index is 0.994. The Morgan fingerprint density at radius 3 is 3.08 bits per heavy atom. The van der Waals surface area contributed by atoms with E-state index < -0.39 is 0 Å². The molecule has 2 rings (SSSR count). The predicted molar refractivity (Wildman–Crippen MR) is 49.2 cm³/mol. The SMILES string of the molecule is CCc1csc(-c2ccoc2)n1. The molecule has 0 aliphatic heterocycles. The normalized spacial score (nSPS) is 10.4. The lowest BCUT2D eigenvalue weighted by atomic mass is 10.3. The average molecular weight is 179 g/mol. The molecule has 2 nitrogen and oxygen atoms in total. The second-order valence-electron chi connectivity index (χ2n) is 2.51. The summed E-state index contributed by atoms with van der Waals surface area (Å²) >= 11 is 1.66. The molecule has 3 heteroatoms. The molecule has 2 aromatic heterocycles.